The molecule has 0 radical (unpaired) electrons. The predicted molar refractivity (Wildman–Crippen MR) is 100 cm³/mol. The maximum atomic E-state index is 9.79. The maximum Gasteiger partial charge on any atom is 0.157 e. The third-order valence-corrected chi connectivity index (χ3v) is 5.53. The second kappa shape index (κ2) is 6.51. The van der Waals surface area contributed by atoms with Crippen LogP contribution in [-0.2, 0) is 0 Å². The van der Waals surface area contributed by atoms with E-state index in [0.717, 1.165) is 18.7 Å². The molecule has 0 saturated carbocycles. The Morgan fingerprint density at radius 3 is 2.61 bits per heavy atom. The van der Waals surface area contributed by atoms with Crippen molar-refractivity contribution in [2.45, 2.75) is 11.8 Å². The van der Waals surface area contributed by atoms with Crippen LogP contribution in [0, 0.1) is 0 Å². The molecule has 1 aliphatic heterocycles. The molecule has 2 unspecified atom stereocenters. The number of hydrogen-bond acceptors (Lipinski definition) is 4. The summed E-state index contributed by atoms with van der Waals surface area (Å²) < 4.78 is 1.35. The number of aromatic hydroxyl groups is 2. The van der Waals surface area contributed by atoms with Crippen LogP contribution < -0.4 is 5.32 Å². The van der Waals surface area contributed by atoms with Crippen molar-refractivity contribution in [3.8, 4) is 11.5 Å². The first-order valence-corrected chi connectivity index (χ1v) is 8.31. The Kier molecular flexibility index (Phi) is 4.62. The predicted octanol–water partition coefficient (Wildman–Crippen LogP) is 4.36. The molecule has 3 nitrogen and oxygen atoms in total. The Hall–Kier alpha value is -1.56. The molecular weight excluding hydrogens is 374 g/mol. The molecule has 0 amide bonds. The number of phenolic OH excluding ortho intramolecular Hbond substituents is 2. The normalized spacial score (nSPS) is 20.5. The summed E-state index contributed by atoms with van der Waals surface area (Å²) in [6.45, 7) is 1.82. The summed E-state index contributed by atoms with van der Waals surface area (Å²) in [4.78, 5) is 0. The molecule has 1 aliphatic rings. The van der Waals surface area contributed by atoms with Crippen LogP contribution in [0.25, 0.3) is 10.1 Å². The summed E-state index contributed by atoms with van der Waals surface area (Å²) in [7, 11) is 0. The molecule has 3 N–H and O–H groups in total. The molecule has 2 heterocycles. The van der Waals surface area contributed by atoms with E-state index in [2.05, 4.69) is 35.0 Å². The summed E-state index contributed by atoms with van der Waals surface area (Å²) in [6, 6.07) is 13.8. The molecule has 0 aliphatic carbocycles. The molecule has 2 aromatic carbocycles. The van der Waals surface area contributed by atoms with Gasteiger partial charge in [0, 0.05) is 29.6 Å². The van der Waals surface area contributed by atoms with Crippen LogP contribution in [0.2, 0.25) is 0 Å². The molecule has 0 bridgehead atoms. The fraction of sp³-hybridized carbons (Fsp3) is 0.222. The topological polar surface area (TPSA) is 52.5 Å². The number of phenols is 2. The van der Waals surface area contributed by atoms with E-state index in [1.807, 2.05) is 6.07 Å². The van der Waals surface area contributed by atoms with Gasteiger partial charge in [0.05, 0.1) is 0 Å². The lowest BCUT2D eigenvalue weighted by Gasteiger charge is -2.20. The Morgan fingerprint density at radius 2 is 1.78 bits per heavy atom. The van der Waals surface area contributed by atoms with Gasteiger partial charge in [0.2, 0.25) is 0 Å². The van der Waals surface area contributed by atoms with Crippen LogP contribution >= 0.6 is 28.3 Å². The van der Waals surface area contributed by atoms with Gasteiger partial charge in [-0.15, -0.1) is 28.3 Å². The van der Waals surface area contributed by atoms with E-state index in [9.17, 15) is 10.2 Å². The van der Waals surface area contributed by atoms with Crippen LogP contribution in [0.15, 0.2) is 47.8 Å². The van der Waals surface area contributed by atoms with Gasteiger partial charge in [-0.3, -0.25) is 0 Å². The molecule has 120 valence electrons. The Labute approximate surface area is 149 Å². The Morgan fingerprint density at radius 1 is 0.957 bits per heavy atom. The molecule has 23 heavy (non-hydrogen) atoms. The van der Waals surface area contributed by atoms with E-state index in [1.165, 1.54) is 15.6 Å². The standard InChI is InChI=1S/C18H17NO2S.BrH/c20-16-5-4-12(8-17(16)21)14-9-19-10-15(14)13-3-1-2-11-6-7-22-18(11)13;/h1-8,14-15,19-21H,9-10H2;1H. The first-order chi connectivity index (χ1) is 10.7. The van der Waals surface area contributed by atoms with Crippen LogP contribution in [0.4, 0.5) is 0 Å². The summed E-state index contributed by atoms with van der Waals surface area (Å²) in [6.07, 6.45) is 0. The highest BCUT2D eigenvalue weighted by molar-refractivity contribution is 8.93. The van der Waals surface area contributed by atoms with Crippen LogP contribution in [0.3, 0.4) is 0 Å². The van der Waals surface area contributed by atoms with Crippen molar-refractivity contribution in [2.24, 2.45) is 0 Å². The van der Waals surface area contributed by atoms with E-state index in [-0.39, 0.29) is 28.5 Å². The van der Waals surface area contributed by atoms with Gasteiger partial charge in [-0.25, -0.2) is 0 Å². The molecule has 1 fully saturated rings. The number of fused-ring (bicyclic) bond motifs is 1. The summed E-state index contributed by atoms with van der Waals surface area (Å²) in [5.74, 6) is 0.578. The van der Waals surface area contributed by atoms with Gasteiger partial charge >= 0.3 is 0 Å². The maximum absolute atomic E-state index is 9.79. The van der Waals surface area contributed by atoms with Gasteiger partial charge in [-0.05, 0) is 40.1 Å². The first kappa shape index (κ1) is 16.3. The third kappa shape index (κ3) is 2.84. The molecule has 1 saturated heterocycles. The quantitative estimate of drug-likeness (QED) is 0.568. The van der Waals surface area contributed by atoms with Gasteiger partial charge in [-0.2, -0.15) is 0 Å². The first-order valence-electron chi connectivity index (χ1n) is 7.43. The van der Waals surface area contributed by atoms with Gasteiger partial charge in [-0.1, -0.05) is 24.3 Å². The highest BCUT2D eigenvalue weighted by atomic mass is 79.9. The van der Waals surface area contributed by atoms with Crippen molar-refractivity contribution >= 4 is 38.4 Å². The van der Waals surface area contributed by atoms with E-state index in [0.29, 0.717) is 11.8 Å². The zero-order valence-corrected chi connectivity index (χ0v) is 14.9. The van der Waals surface area contributed by atoms with Crippen molar-refractivity contribution in [3.05, 3.63) is 59.0 Å². The van der Waals surface area contributed by atoms with Crippen molar-refractivity contribution in [1.29, 1.82) is 0 Å². The molecule has 3 aromatic rings. The zero-order valence-electron chi connectivity index (χ0n) is 12.4. The molecule has 2 atom stereocenters. The molecule has 5 heteroatoms. The third-order valence-electron chi connectivity index (χ3n) is 4.55. The summed E-state index contributed by atoms with van der Waals surface area (Å²) >= 11 is 1.79. The smallest absolute Gasteiger partial charge is 0.157 e. The highest BCUT2D eigenvalue weighted by Crippen LogP contribution is 2.41. The average molecular weight is 392 g/mol. The lowest BCUT2D eigenvalue weighted by atomic mass is 9.83. The Balaban J connectivity index is 0.00000156. The highest BCUT2D eigenvalue weighted by Gasteiger charge is 2.31. The molecular formula is C18H18BrNO2S. The molecule has 1 aromatic heterocycles. The summed E-state index contributed by atoms with van der Waals surface area (Å²) in [5.41, 5.74) is 2.44. The van der Waals surface area contributed by atoms with E-state index in [1.54, 1.807) is 23.5 Å². The fourth-order valence-electron chi connectivity index (χ4n) is 3.43. The largest absolute Gasteiger partial charge is 0.504 e. The number of halogens is 1. The minimum Gasteiger partial charge on any atom is -0.504 e. The van der Waals surface area contributed by atoms with E-state index < -0.39 is 0 Å². The lowest BCUT2D eigenvalue weighted by Crippen LogP contribution is -2.09. The van der Waals surface area contributed by atoms with Crippen LogP contribution in [0.5, 0.6) is 11.5 Å². The van der Waals surface area contributed by atoms with Gasteiger partial charge in [0.15, 0.2) is 11.5 Å². The Bertz CT molecular complexity index is 833. The fourth-order valence-corrected chi connectivity index (χ4v) is 4.41. The molecule has 4 rings (SSSR count). The van der Waals surface area contributed by atoms with Crippen molar-refractivity contribution in [2.75, 3.05) is 13.1 Å². The number of hydrogen-bond donors (Lipinski definition) is 3. The number of benzene rings is 2. The van der Waals surface area contributed by atoms with E-state index >= 15 is 0 Å². The lowest BCUT2D eigenvalue weighted by molar-refractivity contribution is 0.402. The number of thiophene rings is 1. The summed E-state index contributed by atoms with van der Waals surface area (Å²) in [5, 5.41) is 26.2. The second-order valence-electron chi connectivity index (χ2n) is 5.81. The second-order valence-corrected chi connectivity index (χ2v) is 6.72. The minimum atomic E-state index is -0.0633. The van der Waals surface area contributed by atoms with Crippen molar-refractivity contribution < 1.29 is 10.2 Å². The SMILES string of the molecule is Br.Oc1ccc(C2CNCC2c2cccc3ccsc23)cc1O. The zero-order chi connectivity index (χ0) is 15.1. The monoisotopic (exact) mass is 391 g/mol. The number of rotatable bonds is 2. The van der Waals surface area contributed by atoms with Crippen LogP contribution in [0.1, 0.15) is 23.0 Å². The minimum absolute atomic E-state index is 0. The van der Waals surface area contributed by atoms with Gasteiger partial charge in [0.25, 0.3) is 0 Å². The van der Waals surface area contributed by atoms with Crippen LogP contribution in [-0.4, -0.2) is 23.3 Å². The molecule has 0 spiro atoms. The number of nitrogens with one attached hydrogen (secondary N) is 1. The average Bonchev–Trinajstić information content (AvgIpc) is 3.18. The van der Waals surface area contributed by atoms with E-state index in [4.69, 9.17) is 0 Å². The van der Waals surface area contributed by atoms with Gasteiger partial charge in [0.1, 0.15) is 0 Å². The van der Waals surface area contributed by atoms with Gasteiger partial charge < -0.3 is 15.5 Å². The van der Waals surface area contributed by atoms with Crippen molar-refractivity contribution in [3.63, 3.8) is 0 Å². The van der Waals surface area contributed by atoms with Crippen molar-refractivity contribution in [1.82, 2.24) is 5.32 Å².